The number of nitrogen functional groups attached to an aromatic ring is 1. The Bertz CT molecular complexity index is 418. The van der Waals surface area contributed by atoms with Gasteiger partial charge in [-0.3, -0.25) is 9.59 Å². The molecule has 7 N–H and O–H groups in total. The standard InChI is InChI=1S/C9H13N5O2/c10-5-3-6(8(12)16)9(14-4-5)13-2-1-7(11)15/h3-4H,1-2,10H2,(H2,11,15)(H2,12,16)(H,13,14). The molecule has 0 radical (unpaired) electrons. The third kappa shape index (κ3) is 3.12. The number of aromatic nitrogens is 1. The van der Waals surface area contributed by atoms with Crippen LogP contribution >= 0.6 is 0 Å². The van der Waals surface area contributed by atoms with Gasteiger partial charge in [0.1, 0.15) is 5.82 Å². The number of primary amides is 2. The highest BCUT2D eigenvalue weighted by Crippen LogP contribution is 2.14. The van der Waals surface area contributed by atoms with E-state index in [4.69, 9.17) is 17.2 Å². The van der Waals surface area contributed by atoms with Crippen molar-refractivity contribution in [1.82, 2.24) is 4.98 Å². The lowest BCUT2D eigenvalue weighted by Crippen LogP contribution is -2.19. The number of anilines is 2. The molecule has 0 aliphatic rings. The van der Waals surface area contributed by atoms with Crippen LogP contribution in [0.5, 0.6) is 0 Å². The Balaban J connectivity index is 2.78. The van der Waals surface area contributed by atoms with Crippen molar-refractivity contribution in [2.75, 3.05) is 17.6 Å². The van der Waals surface area contributed by atoms with E-state index in [1.807, 2.05) is 0 Å². The van der Waals surface area contributed by atoms with E-state index in [0.717, 1.165) is 0 Å². The summed E-state index contributed by atoms with van der Waals surface area (Å²) in [6.45, 7) is 0.284. The summed E-state index contributed by atoms with van der Waals surface area (Å²) in [4.78, 5) is 25.5. The van der Waals surface area contributed by atoms with E-state index in [1.165, 1.54) is 12.3 Å². The van der Waals surface area contributed by atoms with Gasteiger partial charge >= 0.3 is 0 Å². The van der Waals surface area contributed by atoms with Gasteiger partial charge in [-0.1, -0.05) is 0 Å². The van der Waals surface area contributed by atoms with Crippen molar-refractivity contribution in [3.8, 4) is 0 Å². The first kappa shape index (κ1) is 11.8. The maximum absolute atomic E-state index is 11.1. The van der Waals surface area contributed by atoms with Gasteiger partial charge in [-0.05, 0) is 6.07 Å². The van der Waals surface area contributed by atoms with Crippen molar-refractivity contribution in [3.63, 3.8) is 0 Å². The predicted octanol–water partition coefficient (Wildman–Crippen LogP) is -0.950. The molecule has 0 saturated carbocycles. The minimum atomic E-state index is -0.638. The van der Waals surface area contributed by atoms with Gasteiger partial charge < -0.3 is 22.5 Å². The van der Waals surface area contributed by atoms with Crippen LogP contribution in [0.4, 0.5) is 11.5 Å². The Labute approximate surface area is 92.0 Å². The predicted molar refractivity (Wildman–Crippen MR) is 59.5 cm³/mol. The lowest BCUT2D eigenvalue weighted by Gasteiger charge is -2.08. The number of pyridine rings is 1. The maximum atomic E-state index is 11.1. The molecule has 0 atom stereocenters. The average molecular weight is 223 g/mol. The molecular weight excluding hydrogens is 210 g/mol. The fraction of sp³-hybridized carbons (Fsp3) is 0.222. The van der Waals surface area contributed by atoms with Gasteiger partial charge in [0.05, 0.1) is 17.4 Å². The molecule has 7 heteroatoms. The summed E-state index contributed by atoms with van der Waals surface area (Å²) in [5.74, 6) is -0.784. The zero-order valence-electron chi connectivity index (χ0n) is 8.56. The van der Waals surface area contributed by atoms with Gasteiger partial charge in [-0.2, -0.15) is 0 Å². The number of carbonyl (C=O) groups excluding carboxylic acids is 2. The molecule has 0 saturated heterocycles. The third-order valence-corrected chi connectivity index (χ3v) is 1.84. The Morgan fingerprint density at radius 2 is 2.06 bits per heavy atom. The third-order valence-electron chi connectivity index (χ3n) is 1.84. The van der Waals surface area contributed by atoms with Crippen molar-refractivity contribution < 1.29 is 9.59 Å². The summed E-state index contributed by atoms with van der Waals surface area (Å²) in [5, 5.41) is 2.78. The molecule has 0 aliphatic carbocycles. The second-order valence-electron chi connectivity index (χ2n) is 3.17. The molecule has 0 aliphatic heterocycles. The van der Waals surface area contributed by atoms with E-state index < -0.39 is 11.8 Å². The first-order chi connectivity index (χ1) is 7.50. The van der Waals surface area contributed by atoms with Crippen LogP contribution < -0.4 is 22.5 Å². The summed E-state index contributed by atoms with van der Waals surface area (Å²) in [5.41, 5.74) is 16.1. The van der Waals surface area contributed by atoms with Crippen LogP contribution in [0.15, 0.2) is 12.3 Å². The van der Waals surface area contributed by atoms with Crippen molar-refractivity contribution in [3.05, 3.63) is 17.8 Å². The fourth-order valence-corrected chi connectivity index (χ4v) is 1.11. The van der Waals surface area contributed by atoms with Crippen LogP contribution in [0.1, 0.15) is 16.8 Å². The molecule has 86 valence electrons. The van der Waals surface area contributed by atoms with E-state index >= 15 is 0 Å². The molecule has 1 rings (SSSR count). The van der Waals surface area contributed by atoms with Crippen LogP contribution in [0.25, 0.3) is 0 Å². The van der Waals surface area contributed by atoms with Gasteiger partial charge in [0, 0.05) is 13.0 Å². The Kier molecular flexibility index (Phi) is 3.65. The van der Waals surface area contributed by atoms with Crippen LogP contribution in [0.3, 0.4) is 0 Å². The number of amides is 2. The summed E-state index contributed by atoms with van der Waals surface area (Å²) >= 11 is 0. The topological polar surface area (TPSA) is 137 Å². The molecule has 7 nitrogen and oxygen atoms in total. The van der Waals surface area contributed by atoms with Crippen molar-refractivity contribution in [2.45, 2.75) is 6.42 Å². The van der Waals surface area contributed by atoms with Gasteiger partial charge in [0.25, 0.3) is 5.91 Å². The second-order valence-corrected chi connectivity index (χ2v) is 3.17. The van der Waals surface area contributed by atoms with E-state index in [1.54, 1.807) is 0 Å². The van der Waals surface area contributed by atoms with Crippen molar-refractivity contribution in [1.29, 1.82) is 0 Å². The van der Waals surface area contributed by atoms with E-state index in [2.05, 4.69) is 10.3 Å². The number of hydrogen-bond donors (Lipinski definition) is 4. The SMILES string of the molecule is NC(=O)CCNc1ncc(N)cc1C(N)=O. The summed E-state index contributed by atoms with van der Waals surface area (Å²) < 4.78 is 0. The summed E-state index contributed by atoms with van der Waals surface area (Å²) in [7, 11) is 0. The summed E-state index contributed by atoms with van der Waals surface area (Å²) in [6.07, 6.45) is 1.53. The number of nitrogens with two attached hydrogens (primary N) is 3. The molecule has 1 aromatic heterocycles. The first-order valence-corrected chi connectivity index (χ1v) is 4.58. The Morgan fingerprint density at radius 1 is 1.38 bits per heavy atom. The quantitative estimate of drug-likeness (QED) is 0.510. The molecule has 1 heterocycles. The van der Waals surface area contributed by atoms with Crippen LogP contribution in [-0.4, -0.2) is 23.3 Å². The van der Waals surface area contributed by atoms with E-state index in [-0.39, 0.29) is 18.5 Å². The normalized spacial score (nSPS) is 9.75. The highest BCUT2D eigenvalue weighted by atomic mass is 16.1. The van der Waals surface area contributed by atoms with E-state index in [0.29, 0.717) is 11.5 Å². The molecule has 2 amide bonds. The number of rotatable bonds is 5. The number of hydrogen-bond acceptors (Lipinski definition) is 5. The highest BCUT2D eigenvalue weighted by Gasteiger charge is 2.09. The molecule has 0 aromatic carbocycles. The van der Waals surface area contributed by atoms with Crippen molar-refractivity contribution >= 4 is 23.3 Å². The molecule has 0 spiro atoms. The minimum Gasteiger partial charge on any atom is -0.397 e. The van der Waals surface area contributed by atoms with Gasteiger partial charge in [0.15, 0.2) is 0 Å². The molecule has 0 bridgehead atoms. The molecule has 0 unspecified atom stereocenters. The molecule has 0 fully saturated rings. The van der Waals surface area contributed by atoms with Crippen molar-refractivity contribution in [2.24, 2.45) is 11.5 Å². The monoisotopic (exact) mass is 223 g/mol. The summed E-state index contributed by atoms with van der Waals surface area (Å²) in [6, 6.07) is 1.42. The van der Waals surface area contributed by atoms with Crippen LogP contribution in [-0.2, 0) is 4.79 Å². The molecular formula is C9H13N5O2. The lowest BCUT2D eigenvalue weighted by molar-refractivity contribution is -0.117. The van der Waals surface area contributed by atoms with Crippen LogP contribution in [0.2, 0.25) is 0 Å². The smallest absolute Gasteiger partial charge is 0.252 e. The highest BCUT2D eigenvalue weighted by molar-refractivity contribution is 5.98. The largest absolute Gasteiger partial charge is 0.397 e. The number of nitrogens with zero attached hydrogens (tertiary/aromatic N) is 1. The van der Waals surface area contributed by atoms with Gasteiger partial charge in [0.2, 0.25) is 5.91 Å². The van der Waals surface area contributed by atoms with Crippen LogP contribution in [0, 0.1) is 0 Å². The molecule has 16 heavy (non-hydrogen) atoms. The first-order valence-electron chi connectivity index (χ1n) is 4.58. The lowest BCUT2D eigenvalue weighted by atomic mass is 10.2. The average Bonchev–Trinajstić information content (AvgIpc) is 2.19. The zero-order valence-corrected chi connectivity index (χ0v) is 8.56. The number of carbonyl (C=O) groups is 2. The molecule has 1 aromatic rings. The Morgan fingerprint density at radius 3 is 2.62 bits per heavy atom. The Hall–Kier alpha value is -2.31. The zero-order chi connectivity index (χ0) is 12.1. The minimum absolute atomic E-state index is 0.143. The van der Waals surface area contributed by atoms with E-state index in [9.17, 15) is 9.59 Å². The second kappa shape index (κ2) is 4.96. The number of nitrogens with one attached hydrogen (secondary N) is 1. The van der Waals surface area contributed by atoms with Gasteiger partial charge in [-0.25, -0.2) is 4.98 Å². The van der Waals surface area contributed by atoms with Gasteiger partial charge in [-0.15, -0.1) is 0 Å². The fourth-order valence-electron chi connectivity index (χ4n) is 1.11. The maximum Gasteiger partial charge on any atom is 0.252 e.